The van der Waals surface area contributed by atoms with Crippen molar-refractivity contribution in [3.63, 3.8) is 0 Å². The number of hydrogen-bond acceptors (Lipinski definition) is 2. The van der Waals surface area contributed by atoms with Crippen LogP contribution in [0, 0.1) is 12.3 Å². The summed E-state index contributed by atoms with van der Waals surface area (Å²) in [5.74, 6) is -5.61. The van der Waals surface area contributed by atoms with Gasteiger partial charge in [-0.15, -0.1) is 0 Å². The molecule has 1 atom stereocenters. The molecule has 112 valence electrons. The molecule has 0 aromatic heterocycles. The number of aryl methyl sites for hydroxylation is 1. The van der Waals surface area contributed by atoms with Gasteiger partial charge in [0.1, 0.15) is 5.75 Å². The first-order chi connectivity index (χ1) is 8.86. The Bertz CT molecular complexity index is 495. The first-order valence-corrected chi connectivity index (χ1v) is 5.34. The van der Waals surface area contributed by atoms with Crippen LogP contribution in [0.3, 0.4) is 0 Å². The Morgan fingerprint density at radius 2 is 1.60 bits per heavy atom. The fourth-order valence-electron chi connectivity index (χ4n) is 1.83. The van der Waals surface area contributed by atoms with Crippen LogP contribution in [0.5, 0.6) is 5.75 Å². The second-order valence-electron chi connectivity index (χ2n) is 4.41. The van der Waals surface area contributed by atoms with E-state index in [2.05, 4.69) is 0 Å². The molecule has 1 aromatic carbocycles. The third-order valence-electron chi connectivity index (χ3n) is 2.90. The van der Waals surface area contributed by atoms with E-state index in [0.29, 0.717) is 12.3 Å². The maximum atomic E-state index is 14.1. The summed E-state index contributed by atoms with van der Waals surface area (Å²) in [6.45, 7) is 0.992. The first kappa shape index (κ1) is 16.3. The van der Waals surface area contributed by atoms with Gasteiger partial charge in [-0.3, -0.25) is 0 Å². The highest BCUT2D eigenvalue weighted by molar-refractivity contribution is 5.83. The standard InChI is InChI=1S/C12H11F6NO/c1-6-3-7(4-9(20)8(6)5-19)11(15,10(2,13)14)12(16,17)18/h3-5,19-20H,1-2H3. The van der Waals surface area contributed by atoms with Gasteiger partial charge in [-0.1, -0.05) is 6.07 Å². The zero-order chi connectivity index (χ0) is 15.9. The molecule has 0 saturated carbocycles. The molecule has 0 spiro atoms. The number of aromatic hydroxyl groups is 1. The fourth-order valence-corrected chi connectivity index (χ4v) is 1.83. The molecule has 0 heterocycles. The van der Waals surface area contributed by atoms with Gasteiger partial charge in [0.15, 0.2) is 0 Å². The van der Waals surface area contributed by atoms with Gasteiger partial charge in [0.25, 0.3) is 11.6 Å². The van der Waals surface area contributed by atoms with Crippen LogP contribution in [0.15, 0.2) is 12.1 Å². The van der Waals surface area contributed by atoms with Gasteiger partial charge >= 0.3 is 6.18 Å². The van der Waals surface area contributed by atoms with E-state index in [1.807, 2.05) is 0 Å². The van der Waals surface area contributed by atoms with Crippen molar-refractivity contribution in [2.24, 2.45) is 0 Å². The van der Waals surface area contributed by atoms with Gasteiger partial charge in [0, 0.05) is 24.3 Å². The van der Waals surface area contributed by atoms with Gasteiger partial charge in [-0.05, 0) is 18.6 Å². The third-order valence-corrected chi connectivity index (χ3v) is 2.90. The summed E-state index contributed by atoms with van der Waals surface area (Å²) < 4.78 is 78.7. The quantitative estimate of drug-likeness (QED) is 0.641. The summed E-state index contributed by atoms with van der Waals surface area (Å²) in [6, 6.07) is 0.809. The minimum Gasteiger partial charge on any atom is -0.507 e. The van der Waals surface area contributed by atoms with Crippen molar-refractivity contribution in [3.05, 3.63) is 28.8 Å². The van der Waals surface area contributed by atoms with Crippen LogP contribution in [0.25, 0.3) is 0 Å². The largest absolute Gasteiger partial charge is 0.507 e. The van der Waals surface area contributed by atoms with Gasteiger partial charge in [0.05, 0.1) is 0 Å². The van der Waals surface area contributed by atoms with E-state index in [4.69, 9.17) is 5.41 Å². The summed E-state index contributed by atoms with van der Waals surface area (Å²) in [6.07, 6.45) is -5.23. The van der Waals surface area contributed by atoms with Crippen LogP contribution in [0.4, 0.5) is 26.3 Å². The van der Waals surface area contributed by atoms with Crippen LogP contribution in [0.1, 0.15) is 23.6 Å². The lowest BCUT2D eigenvalue weighted by Crippen LogP contribution is -2.51. The van der Waals surface area contributed by atoms with E-state index in [-0.39, 0.29) is 24.1 Å². The fraction of sp³-hybridized carbons (Fsp3) is 0.417. The summed E-state index contributed by atoms with van der Waals surface area (Å²) >= 11 is 0. The highest BCUT2D eigenvalue weighted by Gasteiger charge is 2.70. The molecular weight excluding hydrogens is 288 g/mol. The molecular formula is C12H11F6NO. The predicted octanol–water partition coefficient (Wildman–Crippen LogP) is 4.08. The summed E-state index contributed by atoms with van der Waals surface area (Å²) in [5.41, 5.74) is -6.62. The lowest BCUT2D eigenvalue weighted by Gasteiger charge is -2.33. The number of nitrogens with one attached hydrogen (secondary N) is 1. The minimum absolute atomic E-state index is 0.120. The Labute approximate surface area is 110 Å². The Hall–Kier alpha value is -1.73. The molecule has 2 N–H and O–H groups in total. The molecule has 0 saturated heterocycles. The lowest BCUT2D eigenvalue weighted by atomic mass is 9.87. The van der Waals surface area contributed by atoms with E-state index in [9.17, 15) is 31.4 Å². The molecule has 1 unspecified atom stereocenters. The molecule has 20 heavy (non-hydrogen) atoms. The monoisotopic (exact) mass is 299 g/mol. The van der Waals surface area contributed by atoms with Crippen LogP contribution in [0.2, 0.25) is 0 Å². The average Bonchev–Trinajstić information content (AvgIpc) is 2.24. The normalized spacial score (nSPS) is 15.8. The summed E-state index contributed by atoms with van der Waals surface area (Å²) in [5, 5.41) is 16.4. The van der Waals surface area contributed by atoms with Crippen LogP contribution in [-0.2, 0) is 5.67 Å². The molecule has 0 amide bonds. The molecule has 1 aromatic rings. The average molecular weight is 299 g/mol. The topological polar surface area (TPSA) is 44.1 Å². The van der Waals surface area contributed by atoms with Crippen molar-refractivity contribution in [2.45, 2.75) is 31.6 Å². The van der Waals surface area contributed by atoms with Crippen molar-refractivity contribution < 1.29 is 31.4 Å². The Balaban J connectivity index is 3.65. The molecule has 1 rings (SSSR count). The zero-order valence-corrected chi connectivity index (χ0v) is 10.4. The number of rotatable bonds is 3. The van der Waals surface area contributed by atoms with Gasteiger partial charge in [-0.2, -0.15) is 13.2 Å². The number of phenols is 1. The minimum atomic E-state index is -5.86. The molecule has 2 nitrogen and oxygen atoms in total. The van der Waals surface area contributed by atoms with Crippen LogP contribution >= 0.6 is 0 Å². The van der Waals surface area contributed by atoms with Crippen molar-refractivity contribution in [3.8, 4) is 5.75 Å². The van der Waals surface area contributed by atoms with Crippen molar-refractivity contribution in [1.29, 1.82) is 5.41 Å². The first-order valence-electron chi connectivity index (χ1n) is 5.34. The second-order valence-corrected chi connectivity index (χ2v) is 4.41. The number of benzene rings is 1. The van der Waals surface area contributed by atoms with Crippen molar-refractivity contribution >= 4 is 6.21 Å². The van der Waals surface area contributed by atoms with Gasteiger partial charge < -0.3 is 10.5 Å². The Morgan fingerprint density at radius 1 is 1.10 bits per heavy atom. The molecule has 0 aliphatic heterocycles. The Kier molecular flexibility index (Phi) is 3.82. The smallest absolute Gasteiger partial charge is 0.432 e. The molecule has 8 heteroatoms. The molecule has 0 radical (unpaired) electrons. The van der Waals surface area contributed by atoms with Crippen molar-refractivity contribution in [2.75, 3.05) is 0 Å². The molecule has 0 bridgehead atoms. The summed E-state index contributed by atoms with van der Waals surface area (Å²) in [7, 11) is 0. The third kappa shape index (κ3) is 2.34. The van der Waals surface area contributed by atoms with Crippen LogP contribution < -0.4 is 0 Å². The van der Waals surface area contributed by atoms with Gasteiger partial charge in [-0.25, -0.2) is 13.2 Å². The Morgan fingerprint density at radius 3 is 1.90 bits per heavy atom. The van der Waals surface area contributed by atoms with Crippen molar-refractivity contribution in [1.82, 2.24) is 0 Å². The van der Waals surface area contributed by atoms with Crippen LogP contribution in [-0.4, -0.2) is 23.4 Å². The number of alkyl halides is 6. The van der Waals surface area contributed by atoms with E-state index in [1.54, 1.807) is 0 Å². The van der Waals surface area contributed by atoms with Gasteiger partial charge in [0.2, 0.25) is 0 Å². The maximum Gasteiger partial charge on any atom is 0.432 e. The number of hydrogen-bond donors (Lipinski definition) is 2. The molecule has 0 fully saturated rings. The summed E-state index contributed by atoms with van der Waals surface area (Å²) in [4.78, 5) is 0. The lowest BCUT2D eigenvalue weighted by molar-refractivity contribution is -0.304. The molecule has 0 aliphatic carbocycles. The van der Waals surface area contributed by atoms with E-state index >= 15 is 0 Å². The van der Waals surface area contributed by atoms with E-state index in [1.165, 1.54) is 6.92 Å². The zero-order valence-electron chi connectivity index (χ0n) is 10.4. The molecule has 0 aliphatic rings. The van der Waals surface area contributed by atoms with E-state index in [0.717, 1.165) is 0 Å². The highest BCUT2D eigenvalue weighted by Crippen LogP contribution is 2.53. The van der Waals surface area contributed by atoms with E-state index < -0.39 is 29.1 Å². The number of halogens is 6. The highest BCUT2D eigenvalue weighted by atomic mass is 19.4. The maximum absolute atomic E-state index is 14.1. The predicted molar refractivity (Wildman–Crippen MR) is 60.2 cm³/mol. The number of phenolic OH excluding ortho intramolecular Hbond substituents is 1. The SMILES string of the molecule is Cc1cc(C(F)(C(C)(F)F)C(F)(F)F)cc(O)c1C=N. The second kappa shape index (κ2) is 4.68.